The summed E-state index contributed by atoms with van der Waals surface area (Å²) in [7, 11) is 0. The Morgan fingerprint density at radius 3 is 2.65 bits per heavy atom. The second-order valence-corrected chi connectivity index (χ2v) is 4.91. The molecule has 0 N–H and O–H groups in total. The molecule has 1 amide bonds. The third-order valence-corrected chi connectivity index (χ3v) is 3.19. The van der Waals surface area contributed by atoms with Crippen molar-refractivity contribution < 1.29 is 4.79 Å². The molecule has 0 atom stereocenters. The highest BCUT2D eigenvalue weighted by atomic mass is 16.2. The molecular formula is C17H20N2O. The molecule has 0 spiro atoms. The van der Waals surface area contributed by atoms with E-state index in [1.54, 1.807) is 6.20 Å². The van der Waals surface area contributed by atoms with Gasteiger partial charge < -0.3 is 4.90 Å². The number of aromatic nitrogens is 1. The van der Waals surface area contributed by atoms with Gasteiger partial charge in [-0.3, -0.25) is 9.78 Å². The minimum absolute atomic E-state index is 0.150. The van der Waals surface area contributed by atoms with Crippen LogP contribution in [0.15, 0.2) is 48.7 Å². The lowest BCUT2D eigenvalue weighted by Gasteiger charge is -2.22. The van der Waals surface area contributed by atoms with Crippen LogP contribution >= 0.6 is 0 Å². The van der Waals surface area contributed by atoms with Gasteiger partial charge in [-0.2, -0.15) is 0 Å². The van der Waals surface area contributed by atoms with E-state index in [4.69, 9.17) is 0 Å². The summed E-state index contributed by atoms with van der Waals surface area (Å²) >= 11 is 0. The van der Waals surface area contributed by atoms with Crippen LogP contribution in [0, 0.1) is 6.92 Å². The summed E-state index contributed by atoms with van der Waals surface area (Å²) in [5.41, 5.74) is 3.29. The number of carbonyl (C=O) groups excluding carboxylic acids is 1. The molecule has 0 bridgehead atoms. The molecule has 3 heteroatoms. The van der Waals surface area contributed by atoms with E-state index in [1.807, 2.05) is 36.1 Å². The molecule has 0 aliphatic rings. The summed E-state index contributed by atoms with van der Waals surface area (Å²) in [4.78, 5) is 18.3. The number of hydrogen-bond acceptors (Lipinski definition) is 2. The van der Waals surface area contributed by atoms with E-state index in [-0.39, 0.29) is 5.91 Å². The molecule has 0 unspecified atom stereocenters. The average Bonchev–Trinajstić information content (AvgIpc) is 2.47. The SMILES string of the molecule is CCC(=O)N(Cc1cccc(C)c1)Cc1ccccn1. The summed E-state index contributed by atoms with van der Waals surface area (Å²) < 4.78 is 0. The van der Waals surface area contributed by atoms with Crippen LogP contribution in [0.3, 0.4) is 0 Å². The van der Waals surface area contributed by atoms with E-state index < -0.39 is 0 Å². The molecule has 20 heavy (non-hydrogen) atoms. The fourth-order valence-electron chi connectivity index (χ4n) is 2.17. The number of nitrogens with zero attached hydrogens (tertiary/aromatic N) is 2. The van der Waals surface area contributed by atoms with E-state index in [2.05, 4.69) is 30.1 Å². The standard InChI is InChI=1S/C17H20N2O/c1-3-17(20)19(13-16-9-4-5-10-18-16)12-15-8-6-7-14(2)11-15/h4-11H,3,12-13H2,1-2H3. The van der Waals surface area contributed by atoms with Crippen LogP contribution in [-0.4, -0.2) is 15.8 Å². The van der Waals surface area contributed by atoms with Gasteiger partial charge in [-0.25, -0.2) is 0 Å². The average molecular weight is 268 g/mol. The maximum atomic E-state index is 12.1. The van der Waals surface area contributed by atoms with E-state index in [0.717, 1.165) is 11.3 Å². The number of aryl methyl sites for hydroxylation is 1. The van der Waals surface area contributed by atoms with Gasteiger partial charge in [0.2, 0.25) is 5.91 Å². The first-order valence-electron chi connectivity index (χ1n) is 6.92. The van der Waals surface area contributed by atoms with Crippen LogP contribution < -0.4 is 0 Å². The first-order chi connectivity index (χ1) is 9.69. The smallest absolute Gasteiger partial charge is 0.222 e. The monoisotopic (exact) mass is 268 g/mol. The lowest BCUT2D eigenvalue weighted by atomic mass is 10.1. The van der Waals surface area contributed by atoms with Gasteiger partial charge in [0, 0.05) is 19.2 Å². The fourth-order valence-corrected chi connectivity index (χ4v) is 2.17. The Morgan fingerprint density at radius 1 is 1.15 bits per heavy atom. The molecule has 0 fully saturated rings. The van der Waals surface area contributed by atoms with Crippen LogP contribution in [-0.2, 0) is 17.9 Å². The predicted molar refractivity (Wildman–Crippen MR) is 80.0 cm³/mol. The second kappa shape index (κ2) is 6.85. The Hall–Kier alpha value is -2.16. The van der Waals surface area contributed by atoms with Crippen LogP contribution in [0.25, 0.3) is 0 Å². The highest BCUT2D eigenvalue weighted by molar-refractivity contribution is 5.75. The molecule has 0 saturated heterocycles. The Labute approximate surface area is 120 Å². The quantitative estimate of drug-likeness (QED) is 0.833. The predicted octanol–water partition coefficient (Wildman–Crippen LogP) is 3.33. The van der Waals surface area contributed by atoms with Crippen LogP contribution in [0.5, 0.6) is 0 Å². The van der Waals surface area contributed by atoms with Gasteiger partial charge in [0.25, 0.3) is 0 Å². The summed E-state index contributed by atoms with van der Waals surface area (Å²) in [6.45, 7) is 5.14. The van der Waals surface area contributed by atoms with Gasteiger partial charge in [0.15, 0.2) is 0 Å². The van der Waals surface area contributed by atoms with Crippen molar-refractivity contribution in [2.45, 2.75) is 33.4 Å². The van der Waals surface area contributed by atoms with Gasteiger partial charge in [-0.05, 0) is 24.6 Å². The van der Waals surface area contributed by atoms with E-state index >= 15 is 0 Å². The number of amides is 1. The van der Waals surface area contributed by atoms with Gasteiger partial charge in [-0.1, -0.05) is 42.8 Å². The molecule has 3 nitrogen and oxygen atoms in total. The largest absolute Gasteiger partial charge is 0.332 e. The zero-order chi connectivity index (χ0) is 14.4. The maximum absolute atomic E-state index is 12.1. The minimum atomic E-state index is 0.150. The Kier molecular flexibility index (Phi) is 4.88. The third-order valence-electron chi connectivity index (χ3n) is 3.19. The number of rotatable bonds is 5. The number of hydrogen-bond donors (Lipinski definition) is 0. The Balaban J connectivity index is 2.14. The van der Waals surface area contributed by atoms with Crippen molar-refractivity contribution in [3.63, 3.8) is 0 Å². The van der Waals surface area contributed by atoms with Gasteiger partial charge in [0.1, 0.15) is 0 Å². The van der Waals surface area contributed by atoms with Crippen molar-refractivity contribution in [2.75, 3.05) is 0 Å². The van der Waals surface area contributed by atoms with Gasteiger partial charge in [0.05, 0.1) is 12.2 Å². The zero-order valence-electron chi connectivity index (χ0n) is 12.0. The molecule has 104 valence electrons. The van der Waals surface area contributed by atoms with Gasteiger partial charge in [-0.15, -0.1) is 0 Å². The molecule has 2 rings (SSSR count). The van der Waals surface area contributed by atoms with E-state index in [0.29, 0.717) is 19.5 Å². The molecule has 1 aromatic heterocycles. The maximum Gasteiger partial charge on any atom is 0.222 e. The van der Waals surface area contributed by atoms with Crippen LogP contribution in [0.2, 0.25) is 0 Å². The van der Waals surface area contributed by atoms with Crippen molar-refractivity contribution in [3.8, 4) is 0 Å². The first kappa shape index (κ1) is 14.3. The van der Waals surface area contributed by atoms with Crippen LogP contribution in [0.1, 0.15) is 30.2 Å². The summed E-state index contributed by atoms with van der Waals surface area (Å²) in [6, 6.07) is 14.1. The summed E-state index contributed by atoms with van der Waals surface area (Å²) in [6.07, 6.45) is 2.27. The van der Waals surface area contributed by atoms with E-state index in [1.165, 1.54) is 5.56 Å². The molecule has 0 radical (unpaired) electrons. The van der Waals surface area contributed by atoms with Crippen molar-refractivity contribution in [1.29, 1.82) is 0 Å². The number of pyridine rings is 1. The molecule has 1 aromatic carbocycles. The highest BCUT2D eigenvalue weighted by Gasteiger charge is 2.13. The summed E-state index contributed by atoms with van der Waals surface area (Å²) in [5, 5.41) is 0. The zero-order valence-corrected chi connectivity index (χ0v) is 12.0. The third kappa shape index (κ3) is 3.92. The van der Waals surface area contributed by atoms with Gasteiger partial charge >= 0.3 is 0 Å². The lowest BCUT2D eigenvalue weighted by Crippen LogP contribution is -2.29. The van der Waals surface area contributed by atoms with Crippen molar-refractivity contribution in [1.82, 2.24) is 9.88 Å². The highest BCUT2D eigenvalue weighted by Crippen LogP contribution is 2.11. The lowest BCUT2D eigenvalue weighted by molar-refractivity contribution is -0.132. The van der Waals surface area contributed by atoms with Crippen molar-refractivity contribution in [3.05, 3.63) is 65.5 Å². The first-order valence-corrected chi connectivity index (χ1v) is 6.92. The molecule has 0 aliphatic carbocycles. The molecule has 1 heterocycles. The molecule has 0 aliphatic heterocycles. The van der Waals surface area contributed by atoms with Crippen molar-refractivity contribution in [2.24, 2.45) is 0 Å². The topological polar surface area (TPSA) is 33.2 Å². The minimum Gasteiger partial charge on any atom is -0.332 e. The Bertz CT molecular complexity index is 566. The van der Waals surface area contributed by atoms with E-state index in [9.17, 15) is 4.79 Å². The number of carbonyl (C=O) groups is 1. The summed E-state index contributed by atoms with van der Waals surface area (Å²) in [5.74, 6) is 0.150. The normalized spacial score (nSPS) is 10.3. The van der Waals surface area contributed by atoms with Crippen LogP contribution in [0.4, 0.5) is 0 Å². The second-order valence-electron chi connectivity index (χ2n) is 4.91. The molecule has 0 saturated carbocycles. The number of benzene rings is 1. The van der Waals surface area contributed by atoms with Crippen molar-refractivity contribution >= 4 is 5.91 Å². The molecule has 2 aromatic rings. The Morgan fingerprint density at radius 2 is 2.00 bits per heavy atom. The molecular weight excluding hydrogens is 248 g/mol. The fraction of sp³-hybridized carbons (Fsp3) is 0.294.